The molecule has 3 heteroatoms. The average Bonchev–Trinajstić information content (AvgIpc) is 2.65. The summed E-state index contributed by atoms with van der Waals surface area (Å²) in [5.74, 6) is 0.323. The maximum Gasteiger partial charge on any atom is 0.223 e. The van der Waals surface area contributed by atoms with Crippen LogP contribution in [0.5, 0.6) is 5.75 Å². The second-order valence-electron chi connectivity index (χ2n) is 6.99. The summed E-state index contributed by atoms with van der Waals surface area (Å²) in [6.45, 7) is 9.68. The van der Waals surface area contributed by atoms with Gasteiger partial charge in [-0.15, -0.1) is 0 Å². The van der Waals surface area contributed by atoms with Crippen LogP contribution in [0.1, 0.15) is 61.3 Å². The van der Waals surface area contributed by atoms with Crippen molar-refractivity contribution in [3.63, 3.8) is 0 Å². The molecule has 0 heterocycles. The Morgan fingerprint density at radius 3 is 2.19 bits per heavy atom. The van der Waals surface area contributed by atoms with Gasteiger partial charge in [0.25, 0.3) is 0 Å². The van der Waals surface area contributed by atoms with Crippen LogP contribution in [0.3, 0.4) is 0 Å². The van der Waals surface area contributed by atoms with Crippen molar-refractivity contribution < 1.29 is 9.90 Å². The molecule has 2 aromatic rings. The Morgan fingerprint density at radius 2 is 1.62 bits per heavy atom. The summed E-state index contributed by atoms with van der Waals surface area (Å²) in [6.07, 6.45) is 2.29. The summed E-state index contributed by atoms with van der Waals surface area (Å²) >= 11 is 0. The zero-order chi connectivity index (χ0) is 19.1. The molecule has 0 saturated heterocycles. The van der Waals surface area contributed by atoms with Gasteiger partial charge in [-0.25, -0.2) is 0 Å². The molecule has 3 nitrogen and oxygen atoms in total. The summed E-state index contributed by atoms with van der Waals surface area (Å²) in [5.41, 5.74) is 3.84. The Hall–Kier alpha value is -2.29. The number of rotatable bonds is 8. The van der Waals surface area contributed by atoms with E-state index in [1.165, 1.54) is 0 Å². The zero-order valence-corrected chi connectivity index (χ0v) is 16.5. The van der Waals surface area contributed by atoms with Crippen LogP contribution >= 0.6 is 0 Å². The van der Waals surface area contributed by atoms with E-state index >= 15 is 0 Å². The lowest BCUT2D eigenvalue weighted by Gasteiger charge is -2.26. The van der Waals surface area contributed by atoms with Crippen LogP contribution in [-0.4, -0.2) is 29.0 Å². The number of phenols is 1. The molecule has 0 aromatic heterocycles. The molecule has 1 amide bonds. The van der Waals surface area contributed by atoms with E-state index in [-0.39, 0.29) is 11.8 Å². The zero-order valence-electron chi connectivity index (χ0n) is 16.5. The first kappa shape index (κ1) is 20.0. The first-order valence-electron chi connectivity index (χ1n) is 9.61. The highest BCUT2D eigenvalue weighted by molar-refractivity contribution is 5.78. The third-order valence-electron chi connectivity index (χ3n) is 5.03. The van der Waals surface area contributed by atoms with Gasteiger partial charge in [-0.3, -0.25) is 4.79 Å². The number of nitrogens with zero attached hydrogens (tertiary/aromatic N) is 1. The predicted molar refractivity (Wildman–Crippen MR) is 108 cm³/mol. The summed E-state index contributed by atoms with van der Waals surface area (Å²) in [7, 11) is 0. The van der Waals surface area contributed by atoms with Gasteiger partial charge in [0.1, 0.15) is 5.75 Å². The SMILES string of the molecule is CCCN(CCC)C(=O)C[C@H](c1ccccc1)c1ccc(C)c(C)c1O. The van der Waals surface area contributed by atoms with Crippen molar-refractivity contribution in [1.29, 1.82) is 0 Å². The topological polar surface area (TPSA) is 40.5 Å². The number of amides is 1. The minimum absolute atomic E-state index is 0.140. The quantitative estimate of drug-likeness (QED) is 0.710. The molecular weight excluding hydrogens is 322 g/mol. The van der Waals surface area contributed by atoms with Gasteiger partial charge >= 0.3 is 0 Å². The van der Waals surface area contributed by atoms with Gasteiger partial charge in [0.2, 0.25) is 5.91 Å². The van der Waals surface area contributed by atoms with Gasteiger partial charge < -0.3 is 10.0 Å². The van der Waals surface area contributed by atoms with Crippen LogP contribution in [-0.2, 0) is 4.79 Å². The normalized spacial score (nSPS) is 12.0. The average molecular weight is 354 g/mol. The fraction of sp³-hybridized carbons (Fsp3) is 0.435. The van der Waals surface area contributed by atoms with Crippen molar-refractivity contribution in [2.75, 3.05) is 13.1 Å². The lowest BCUT2D eigenvalue weighted by Crippen LogP contribution is -2.33. The molecule has 26 heavy (non-hydrogen) atoms. The Balaban J connectivity index is 2.40. The molecule has 0 fully saturated rings. The van der Waals surface area contributed by atoms with E-state index in [9.17, 15) is 9.90 Å². The first-order valence-corrected chi connectivity index (χ1v) is 9.61. The lowest BCUT2D eigenvalue weighted by molar-refractivity contribution is -0.131. The van der Waals surface area contributed by atoms with Crippen LogP contribution in [0.25, 0.3) is 0 Å². The minimum Gasteiger partial charge on any atom is -0.507 e. The summed E-state index contributed by atoms with van der Waals surface area (Å²) in [4.78, 5) is 14.9. The Bertz CT molecular complexity index is 718. The molecule has 0 saturated carbocycles. The summed E-state index contributed by atoms with van der Waals surface area (Å²) in [6, 6.07) is 14.0. The molecule has 0 unspecified atom stereocenters. The van der Waals surface area contributed by atoms with Gasteiger partial charge in [0, 0.05) is 31.0 Å². The number of carbonyl (C=O) groups excluding carboxylic acids is 1. The van der Waals surface area contributed by atoms with E-state index in [4.69, 9.17) is 0 Å². The predicted octanol–water partition coefficient (Wildman–Crippen LogP) is 5.18. The highest BCUT2D eigenvalue weighted by atomic mass is 16.3. The molecule has 0 spiro atoms. The molecule has 140 valence electrons. The van der Waals surface area contributed by atoms with Crippen LogP contribution in [0, 0.1) is 13.8 Å². The molecule has 1 atom stereocenters. The van der Waals surface area contributed by atoms with Crippen molar-refractivity contribution in [3.8, 4) is 5.75 Å². The summed E-state index contributed by atoms with van der Waals surface area (Å²) in [5, 5.41) is 10.7. The molecule has 2 aromatic carbocycles. The molecule has 2 rings (SSSR count). The molecule has 0 bridgehead atoms. The number of benzene rings is 2. The summed E-state index contributed by atoms with van der Waals surface area (Å²) < 4.78 is 0. The van der Waals surface area contributed by atoms with Gasteiger partial charge in [0.05, 0.1) is 0 Å². The van der Waals surface area contributed by atoms with Crippen LogP contribution in [0.2, 0.25) is 0 Å². The molecule has 0 aliphatic rings. The highest BCUT2D eigenvalue weighted by Gasteiger charge is 2.24. The van der Waals surface area contributed by atoms with Crippen molar-refractivity contribution in [2.45, 2.75) is 52.9 Å². The van der Waals surface area contributed by atoms with E-state index in [0.717, 1.165) is 48.2 Å². The maximum atomic E-state index is 13.0. The Kier molecular flexibility index (Phi) is 7.26. The van der Waals surface area contributed by atoms with Gasteiger partial charge in [-0.1, -0.05) is 56.3 Å². The Morgan fingerprint density at radius 1 is 1.00 bits per heavy atom. The third kappa shape index (κ3) is 4.66. The first-order chi connectivity index (χ1) is 12.5. The molecule has 1 N–H and O–H groups in total. The van der Waals surface area contributed by atoms with Crippen molar-refractivity contribution in [1.82, 2.24) is 4.90 Å². The second kappa shape index (κ2) is 9.42. The van der Waals surface area contributed by atoms with Gasteiger partial charge in [-0.2, -0.15) is 0 Å². The standard InChI is InChI=1S/C23H31NO2/c1-5-14-24(15-6-2)22(25)16-21(19-10-8-7-9-11-19)20-13-12-17(3)18(4)23(20)26/h7-13,21,26H,5-6,14-16H2,1-4H3/t21-/m1/s1. The molecule has 0 aliphatic carbocycles. The monoisotopic (exact) mass is 353 g/mol. The number of aromatic hydroxyl groups is 1. The lowest BCUT2D eigenvalue weighted by atomic mass is 9.85. The minimum atomic E-state index is -0.140. The van der Waals surface area contributed by atoms with E-state index in [1.807, 2.05) is 61.2 Å². The molecule has 0 aliphatic heterocycles. The molecular formula is C23H31NO2. The number of aryl methyl sites for hydroxylation is 1. The maximum absolute atomic E-state index is 13.0. The fourth-order valence-electron chi connectivity index (χ4n) is 3.40. The fourth-order valence-corrected chi connectivity index (χ4v) is 3.40. The second-order valence-corrected chi connectivity index (χ2v) is 6.99. The van der Waals surface area contributed by atoms with Gasteiger partial charge in [0.15, 0.2) is 0 Å². The van der Waals surface area contributed by atoms with E-state index in [1.54, 1.807) is 0 Å². The van der Waals surface area contributed by atoms with Crippen LogP contribution < -0.4 is 0 Å². The van der Waals surface area contributed by atoms with E-state index < -0.39 is 0 Å². The number of hydrogen-bond donors (Lipinski definition) is 1. The number of phenolic OH excluding ortho intramolecular Hbond substituents is 1. The molecule has 0 radical (unpaired) electrons. The van der Waals surface area contributed by atoms with Crippen molar-refractivity contribution in [2.24, 2.45) is 0 Å². The van der Waals surface area contributed by atoms with Crippen molar-refractivity contribution >= 4 is 5.91 Å². The third-order valence-corrected chi connectivity index (χ3v) is 5.03. The van der Waals surface area contributed by atoms with E-state index in [0.29, 0.717) is 12.2 Å². The number of hydrogen-bond acceptors (Lipinski definition) is 2. The Labute approximate surface area is 157 Å². The number of carbonyl (C=O) groups is 1. The van der Waals surface area contributed by atoms with Crippen LogP contribution in [0.15, 0.2) is 42.5 Å². The van der Waals surface area contributed by atoms with Crippen LogP contribution in [0.4, 0.5) is 0 Å². The highest BCUT2D eigenvalue weighted by Crippen LogP contribution is 2.37. The smallest absolute Gasteiger partial charge is 0.223 e. The van der Waals surface area contributed by atoms with Gasteiger partial charge in [-0.05, 0) is 43.4 Å². The largest absolute Gasteiger partial charge is 0.507 e. The van der Waals surface area contributed by atoms with Crippen molar-refractivity contribution in [3.05, 3.63) is 64.7 Å². The van der Waals surface area contributed by atoms with E-state index in [2.05, 4.69) is 13.8 Å².